The van der Waals surface area contributed by atoms with E-state index in [0.717, 1.165) is 30.5 Å². The maximum Gasteiger partial charge on any atom is 0.220 e. The van der Waals surface area contributed by atoms with Gasteiger partial charge in [0.05, 0.1) is 0 Å². The van der Waals surface area contributed by atoms with Gasteiger partial charge >= 0.3 is 0 Å². The summed E-state index contributed by atoms with van der Waals surface area (Å²) in [6, 6.07) is 8.07. The highest BCUT2D eigenvalue weighted by Crippen LogP contribution is 2.17. The molecule has 1 aromatic carbocycles. The second-order valence-electron chi connectivity index (χ2n) is 5.11. The Morgan fingerprint density at radius 1 is 1.40 bits per heavy atom. The predicted molar refractivity (Wildman–Crippen MR) is 88.3 cm³/mol. The van der Waals surface area contributed by atoms with Gasteiger partial charge in [-0.1, -0.05) is 34.1 Å². The highest BCUT2D eigenvalue weighted by molar-refractivity contribution is 9.10. The summed E-state index contributed by atoms with van der Waals surface area (Å²) >= 11 is 3.51. The molecule has 112 valence electrons. The maximum absolute atomic E-state index is 11.8. The first kappa shape index (κ1) is 17.5. The van der Waals surface area contributed by atoms with Crippen molar-refractivity contribution in [1.82, 2.24) is 10.6 Å². The molecule has 1 aliphatic rings. The molecule has 2 N–H and O–H groups in total. The van der Waals surface area contributed by atoms with Crippen LogP contribution in [0.25, 0.3) is 0 Å². The number of aryl methyl sites for hydroxylation is 1. The highest BCUT2D eigenvalue weighted by atomic mass is 79.9. The fourth-order valence-corrected chi connectivity index (χ4v) is 2.88. The van der Waals surface area contributed by atoms with Crippen molar-refractivity contribution in [3.05, 3.63) is 34.3 Å². The molecule has 0 aromatic heterocycles. The topological polar surface area (TPSA) is 41.1 Å². The van der Waals surface area contributed by atoms with E-state index in [1.54, 1.807) is 0 Å². The third-order valence-corrected chi connectivity index (χ3v) is 4.34. The largest absolute Gasteiger partial charge is 0.356 e. The number of benzene rings is 1. The van der Waals surface area contributed by atoms with Crippen LogP contribution in [-0.2, 0) is 11.2 Å². The Morgan fingerprint density at radius 2 is 2.20 bits per heavy atom. The minimum absolute atomic E-state index is 0. The Kier molecular flexibility index (Phi) is 8.19. The first-order valence-electron chi connectivity index (χ1n) is 6.96. The number of halogens is 2. The van der Waals surface area contributed by atoms with Gasteiger partial charge in [-0.15, -0.1) is 12.4 Å². The third-order valence-electron chi connectivity index (χ3n) is 3.57. The van der Waals surface area contributed by atoms with Crippen LogP contribution >= 0.6 is 28.3 Å². The Labute approximate surface area is 135 Å². The van der Waals surface area contributed by atoms with Crippen LogP contribution in [0.3, 0.4) is 0 Å². The van der Waals surface area contributed by atoms with E-state index in [0.29, 0.717) is 12.3 Å². The number of nitrogens with one attached hydrogen (secondary N) is 2. The summed E-state index contributed by atoms with van der Waals surface area (Å²) in [5.41, 5.74) is 1.19. The Morgan fingerprint density at radius 3 is 2.90 bits per heavy atom. The van der Waals surface area contributed by atoms with Crippen molar-refractivity contribution in [1.29, 1.82) is 0 Å². The van der Waals surface area contributed by atoms with Gasteiger partial charge in [0.25, 0.3) is 0 Å². The summed E-state index contributed by atoms with van der Waals surface area (Å²) in [6.45, 7) is 2.96. The van der Waals surface area contributed by atoms with Gasteiger partial charge in [0.2, 0.25) is 5.91 Å². The van der Waals surface area contributed by atoms with Crippen LogP contribution in [0, 0.1) is 5.92 Å². The van der Waals surface area contributed by atoms with Crippen molar-refractivity contribution in [3.63, 3.8) is 0 Å². The molecule has 0 aliphatic carbocycles. The zero-order valence-corrected chi connectivity index (χ0v) is 13.9. The maximum atomic E-state index is 11.8. The fraction of sp³-hybridized carbons (Fsp3) is 0.533. The number of hydrogen-bond acceptors (Lipinski definition) is 2. The first-order chi connectivity index (χ1) is 9.25. The van der Waals surface area contributed by atoms with Crippen molar-refractivity contribution in [2.24, 2.45) is 5.92 Å². The van der Waals surface area contributed by atoms with Crippen LogP contribution < -0.4 is 10.6 Å². The summed E-state index contributed by atoms with van der Waals surface area (Å²) in [5, 5.41) is 6.41. The molecule has 20 heavy (non-hydrogen) atoms. The van der Waals surface area contributed by atoms with Crippen LogP contribution in [0.15, 0.2) is 28.7 Å². The molecule has 0 spiro atoms. The Hall–Kier alpha value is -0.580. The van der Waals surface area contributed by atoms with Gasteiger partial charge in [0, 0.05) is 17.4 Å². The Balaban J connectivity index is 0.00000200. The summed E-state index contributed by atoms with van der Waals surface area (Å²) in [4.78, 5) is 11.8. The molecule has 1 unspecified atom stereocenters. The van der Waals surface area contributed by atoms with E-state index in [1.165, 1.54) is 18.4 Å². The van der Waals surface area contributed by atoms with Crippen LogP contribution in [0.1, 0.15) is 24.8 Å². The van der Waals surface area contributed by atoms with Gasteiger partial charge in [-0.3, -0.25) is 4.79 Å². The number of piperidine rings is 1. The molecule has 1 fully saturated rings. The van der Waals surface area contributed by atoms with Gasteiger partial charge in [0.1, 0.15) is 0 Å². The summed E-state index contributed by atoms with van der Waals surface area (Å²) in [6.07, 6.45) is 3.79. The summed E-state index contributed by atoms with van der Waals surface area (Å²) < 4.78 is 1.08. The van der Waals surface area contributed by atoms with Crippen LogP contribution in [-0.4, -0.2) is 25.5 Å². The number of hydrogen-bond donors (Lipinski definition) is 2. The molecule has 2 rings (SSSR count). The Bertz CT molecular complexity index is 422. The van der Waals surface area contributed by atoms with E-state index in [1.807, 2.05) is 18.2 Å². The standard InChI is InChI=1S/C15H21BrN2O.ClH/c16-14-6-2-1-5-13(14)7-8-15(19)18-11-12-4-3-9-17-10-12;/h1-2,5-6,12,17H,3-4,7-11H2,(H,18,19);1H. The minimum atomic E-state index is 0. The predicted octanol–water partition coefficient (Wildman–Crippen LogP) is 2.92. The van der Waals surface area contributed by atoms with E-state index in [9.17, 15) is 4.79 Å². The molecule has 3 nitrogen and oxygen atoms in total. The molecule has 0 bridgehead atoms. The van der Waals surface area contributed by atoms with Crippen molar-refractivity contribution in [2.45, 2.75) is 25.7 Å². The average Bonchev–Trinajstić information content (AvgIpc) is 2.45. The van der Waals surface area contributed by atoms with Crippen molar-refractivity contribution < 1.29 is 4.79 Å². The van der Waals surface area contributed by atoms with E-state index in [2.05, 4.69) is 32.6 Å². The zero-order chi connectivity index (χ0) is 13.5. The lowest BCUT2D eigenvalue weighted by Gasteiger charge is -2.22. The minimum Gasteiger partial charge on any atom is -0.356 e. The van der Waals surface area contributed by atoms with Gasteiger partial charge in [-0.2, -0.15) is 0 Å². The van der Waals surface area contributed by atoms with Gasteiger partial charge < -0.3 is 10.6 Å². The average molecular weight is 362 g/mol. The fourth-order valence-electron chi connectivity index (χ4n) is 2.39. The lowest BCUT2D eigenvalue weighted by molar-refractivity contribution is -0.121. The molecule has 1 aliphatic heterocycles. The third kappa shape index (κ3) is 5.81. The van der Waals surface area contributed by atoms with E-state index < -0.39 is 0 Å². The molecular formula is C15H22BrClN2O. The van der Waals surface area contributed by atoms with Crippen molar-refractivity contribution >= 4 is 34.2 Å². The highest BCUT2D eigenvalue weighted by Gasteiger charge is 2.13. The van der Waals surface area contributed by atoms with E-state index in [4.69, 9.17) is 0 Å². The summed E-state index contributed by atoms with van der Waals surface area (Å²) in [7, 11) is 0. The summed E-state index contributed by atoms with van der Waals surface area (Å²) in [5.74, 6) is 0.752. The first-order valence-corrected chi connectivity index (χ1v) is 7.76. The van der Waals surface area contributed by atoms with Gasteiger partial charge in [-0.05, 0) is 49.9 Å². The lowest BCUT2D eigenvalue weighted by Crippen LogP contribution is -2.38. The van der Waals surface area contributed by atoms with Crippen molar-refractivity contribution in [3.8, 4) is 0 Å². The smallest absolute Gasteiger partial charge is 0.220 e. The van der Waals surface area contributed by atoms with Crippen LogP contribution in [0.4, 0.5) is 0 Å². The number of carbonyl (C=O) groups is 1. The second-order valence-corrected chi connectivity index (χ2v) is 5.96. The van der Waals surface area contributed by atoms with Gasteiger partial charge in [0.15, 0.2) is 0 Å². The molecule has 1 atom stereocenters. The normalized spacial score (nSPS) is 18.1. The van der Waals surface area contributed by atoms with E-state index in [-0.39, 0.29) is 18.3 Å². The monoisotopic (exact) mass is 360 g/mol. The second kappa shape index (κ2) is 9.37. The molecule has 1 aromatic rings. The molecule has 0 saturated carbocycles. The van der Waals surface area contributed by atoms with E-state index >= 15 is 0 Å². The quantitative estimate of drug-likeness (QED) is 0.846. The van der Waals surface area contributed by atoms with Crippen LogP contribution in [0.5, 0.6) is 0 Å². The molecule has 1 amide bonds. The number of carbonyl (C=O) groups excluding carboxylic acids is 1. The zero-order valence-electron chi connectivity index (χ0n) is 11.5. The molecular weight excluding hydrogens is 340 g/mol. The van der Waals surface area contributed by atoms with Crippen molar-refractivity contribution in [2.75, 3.05) is 19.6 Å². The van der Waals surface area contributed by atoms with Gasteiger partial charge in [-0.25, -0.2) is 0 Å². The number of amides is 1. The molecule has 5 heteroatoms. The molecule has 0 radical (unpaired) electrons. The number of rotatable bonds is 5. The van der Waals surface area contributed by atoms with Crippen LogP contribution in [0.2, 0.25) is 0 Å². The molecule has 1 saturated heterocycles. The lowest BCUT2D eigenvalue weighted by atomic mass is 10.00. The molecule has 1 heterocycles. The SMILES string of the molecule is Cl.O=C(CCc1ccccc1Br)NCC1CCCNC1.